The molecule has 108 valence electrons. The molecule has 6 nitrogen and oxygen atoms in total. The van der Waals surface area contributed by atoms with Gasteiger partial charge in [-0.1, -0.05) is 18.2 Å². The van der Waals surface area contributed by atoms with Gasteiger partial charge in [-0.05, 0) is 12.1 Å². The Morgan fingerprint density at radius 2 is 1.95 bits per heavy atom. The van der Waals surface area contributed by atoms with Gasteiger partial charge >= 0.3 is 0 Å². The number of hydrogen-bond acceptors (Lipinski definition) is 5. The second-order valence-electron chi connectivity index (χ2n) is 4.20. The summed E-state index contributed by atoms with van der Waals surface area (Å²) < 4.78 is 10.8. The van der Waals surface area contributed by atoms with Crippen LogP contribution in [0.15, 0.2) is 42.5 Å². The van der Waals surface area contributed by atoms with Crippen molar-refractivity contribution < 1.29 is 19.2 Å². The van der Waals surface area contributed by atoms with E-state index in [0.717, 1.165) is 5.56 Å². The summed E-state index contributed by atoms with van der Waals surface area (Å²) in [6, 6.07) is 11.2. The average Bonchev–Trinajstić information content (AvgIpc) is 2.52. The SMILES string of the molecule is COc1ccccc1COc1ccc([N+](=O)[O-])cc1C=O. The molecule has 0 saturated heterocycles. The lowest BCUT2D eigenvalue weighted by molar-refractivity contribution is -0.384. The normalized spacial score (nSPS) is 9.95. The van der Waals surface area contributed by atoms with Gasteiger partial charge in [0.15, 0.2) is 6.29 Å². The Labute approximate surface area is 121 Å². The molecule has 2 aromatic carbocycles. The van der Waals surface area contributed by atoms with E-state index in [2.05, 4.69) is 0 Å². The zero-order valence-electron chi connectivity index (χ0n) is 11.3. The van der Waals surface area contributed by atoms with Gasteiger partial charge in [-0.15, -0.1) is 0 Å². The molecule has 0 radical (unpaired) electrons. The number of benzene rings is 2. The highest BCUT2D eigenvalue weighted by Gasteiger charge is 2.12. The van der Waals surface area contributed by atoms with Gasteiger partial charge < -0.3 is 9.47 Å². The molecule has 0 atom stereocenters. The highest BCUT2D eigenvalue weighted by atomic mass is 16.6. The van der Waals surface area contributed by atoms with Crippen molar-refractivity contribution in [2.24, 2.45) is 0 Å². The fourth-order valence-corrected chi connectivity index (χ4v) is 1.85. The number of non-ortho nitro benzene ring substituents is 1. The molecule has 0 aliphatic carbocycles. The molecule has 0 spiro atoms. The summed E-state index contributed by atoms with van der Waals surface area (Å²) >= 11 is 0. The maximum absolute atomic E-state index is 11.0. The largest absolute Gasteiger partial charge is 0.496 e. The fraction of sp³-hybridized carbons (Fsp3) is 0.133. The van der Waals surface area contributed by atoms with Gasteiger partial charge in [0.25, 0.3) is 5.69 Å². The predicted octanol–water partition coefficient (Wildman–Crippen LogP) is 2.99. The summed E-state index contributed by atoms with van der Waals surface area (Å²) in [5, 5.41) is 10.7. The van der Waals surface area contributed by atoms with Crippen molar-refractivity contribution >= 4 is 12.0 Å². The molecule has 6 heteroatoms. The van der Waals surface area contributed by atoms with Crippen LogP contribution in [0.2, 0.25) is 0 Å². The third kappa shape index (κ3) is 3.36. The van der Waals surface area contributed by atoms with Crippen molar-refractivity contribution in [1.29, 1.82) is 0 Å². The quantitative estimate of drug-likeness (QED) is 0.463. The molecule has 2 aromatic rings. The second kappa shape index (κ2) is 6.51. The Morgan fingerprint density at radius 1 is 1.19 bits per heavy atom. The Morgan fingerprint density at radius 3 is 2.62 bits per heavy atom. The molecule has 0 bridgehead atoms. The highest BCUT2D eigenvalue weighted by molar-refractivity contribution is 5.80. The van der Waals surface area contributed by atoms with Crippen molar-refractivity contribution in [3.05, 3.63) is 63.7 Å². The van der Waals surface area contributed by atoms with E-state index in [1.54, 1.807) is 13.2 Å². The molecule has 0 saturated carbocycles. The summed E-state index contributed by atoms with van der Waals surface area (Å²) in [5.41, 5.74) is 0.802. The first-order chi connectivity index (χ1) is 10.2. The maximum atomic E-state index is 11.0. The second-order valence-corrected chi connectivity index (χ2v) is 4.20. The number of nitrogens with zero attached hydrogens (tertiary/aromatic N) is 1. The van der Waals surface area contributed by atoms with Crippen LogP contribution in [0, 0.1) is 10.1 Å². The van der Waals surface area contributed by atoms with Crippen molar-refractivity contribution in [2.45, 2.75) is 6.61 Å². The number of carbonyl (C=O) groups excluding carboxylic acids is 1. The van der Waals surface area contributed by atoms with Gasteiger partial charge in [-0.2, -0.15) is 0 Å². The number of rotatable bonds is 6. The van der Waals surface area contributed by atoms with Crippen LogP contribution in [0.5, 0.6) is 11.5 Å². The summed E-state index contributed by atoms with van der Waals surface area (Å²) in [6.07, 6.45) is 0.532. The molecule has 0 aliphatic rings. The van der Waals surface area contributed by atoms with Gasteiger partial charge in [0, 0.05) is 17.7 Å². The molecule has 21 heavy (non-hydrogen) atoms. The molecule has 0 unspecified atom stereocenters. The molecule has 2 rings (SSSR count). The molecule has 0 aliphatic heterocycles. The molecular formula is C15H13NO5. The van der Waals surface area contributed by atoms with E-state index in [9.17, 15) is 14.9 Å². The Bertz CT molecular complexity index is 669. The fourth-order valence-electron chi connectivity index (χ4n) is 1.85. The number of para-hydroxylation sites is 1. The topological polar surface area (TPSA) is 78.7 Å². The standard InChI is InChI=1S/C15H13NO5/c1-20-14-5-3-2-4-11(14)10-21-15-7-6-13(16(18)19)8-12(15)9-17/h2-9H,10H2,1H3. The monoisotopic (exact) mass is 287 g/mol. The van der Waals surface area contributed by atoms with Crippen LogP contribution in [0.4, 0.5) is 5.69 Å². The molecular weight excluding hydrogens is 274 g/mol. The van der Waals surface area contributed by atoms with E-state index in [0.29, 0.717) is 17.8 Å². The van der Waals surface area contributed by atoms with Gasteiger partial charge in [-0.25, -0.2) is 0 Å². The zero-order valence-corrected chi connectivity index (χ0v) is 11.3. The first-order valence-electron chi connectivity index (χ1n) is 6.14. The Kier molecular flexibility index (Phi) is 4.50. The minimum absolute atomic E-state index is 0.138. The van der Waals surface area contributed by atoms with E-state index in [4.69, 9.17) is 9.47 Å². The predicted molar refractivity (Wildman–Crippen MR) is 75.8 cm³/mol. The van der Waals surface area contributed by atoms with E-state index in [1.807, 2.05) is 18.2 Å². The van der Waals surface area contributed by atoms with Crippen LogP contribution >= 0.6 is 0 Å². The number of nitro groups is 1. The van der Waals surface area contributed by atoms with E-state index < -0.39 is 4.92 Å². The third-order valence-electron chi connectivity index (χ3n) is 2.91. The molecule has 0 heterocycles. The lowest BCUT2D eigenvalue weighted by atomic mass is 10.2. The molecule has 0 fully saturated rings. The van der Waals surface area contributed by atoms with Gasteiger partial charge in [0.05, 0.1) is 17.6 Å². The number of ether oxygens (including phenoxy) is 2. The third-order valence-corrected chi connectivity index (χ3v) is 2.91. The number of aldehydes is 1. The van der Waals surface area contributed by atoms with Crippen molar-refractivity contribution in [1.82, 2.24) is 0 Å². The van der Waals surface area contributed by atoms with Crippen LogP contribution in [0.1, 0.15) is 15.9 Å². The minimum Gasteiger partial charge on any atom is -0.496 e. The molecule has 0 N–H and O–H groups in total. The van der Waals surface area contributed by atoms with Crippen LogP contribution in [0.3, 0.4) is 0 Å². The summed E-state index contributed by atoms with van der Waals surface area (Å²) in [7, 11) is 1.56. The summed E-state index contributed by atoms with van der Waals surface area (Å²) in [6.45, 7) is 0.197. The Hall–Kier alpha value is -2.89. The average molecular weight is 287 g/mol. The van der Waals surface area contributed by atoms with Crippen molar-refractivity contribution in [3.8, 4) is 11.5 Å². The van der Waals surface area contributed by atoms with Crippen LogP contribution in [0.25, 0.3) is 0 Å². The van der Waals surface area contributed by atoms with E-state index in [-0.39, 0.29) is 17.9 Å². The molecule has 0 amide bonds. The van der Waals surface area contributed by atoms with E-state index >= 15 is 0 Å². The zero-order chi connectivity index (χ0) is 15.2. The first-order valence-corrected chi connectivity index (χ1v) is 6.14. The number of hydrogen-bond donors (Lipinski definition) is 0. The smallest absolute Gasteiger partial charge is 0.270 e. The van der Waals surface area contributed by atoms with E-state index in [1.165, 1.54) is 18.2 Å². The highest BCUT2D eigenvalue weighted by Crippen LogP contribution is 2.25. The maximum Gasteiger partial charge on any atom is 0.270 e. The van der Waals surface area contributed by atoms with Crippen LogP contribution in [-0.2, 0) is 6.61 Å². The number of nitro benzene ring substituents is 1. The Balaban J connectivity index is 2.20. The van der Waals surface area contributed by atoms with Gasteiger partial charge in [0.1, 0.15) is 18.1 Å². The van der Waals surface area contributed by atoms with Crippen LogP contribution in [-0.4, -0.2) is 18.3 Å². The summed E-state index contributed by atoms with van der Waals surface area (Å²) in [5.74, 6) is 0.966. The summed E-state index contributed by atoms with van der Waals surface area (Å²) in [4.78, 5) is 21.1. The molecule has 0 aromatic heterocycles. The van der Waals surface area contributed by atoms with Gasteiger partial charge in [-0.3, -0.25) is 14.9 Å². The minimum atomic E-state index is -0.559. The lowest BCUT2D eigenvalue weighted by Gasteiger charge is -2.11. The van der Waals surface area contributed by atoms with Gasteiger partial charge in [0.2, 0.25) is 0 Å². The number of methoxy groups -OCH3 is 1. The van der Waals surface area contributed by atoms with Crippen molar-refractivity contribution in [2.75, 3.05) is 7.11 Å². The first kappa shape index (κ1) is 14.5. The lowest BCUT2D eigenvalue weighted by Crippen LogP contribution is -2.01. The van der Waals surface area contributed by atoms with Crippen LogP contribution < -0.4 is 9.47 Å². The van der Waals surface area contributed by atoms with Crippen molar-refractivity contribution in [3.63, 3.8) is 0 Å². The number of carbonyl (C=O) groups is 1.